The molecule has 0 spiro atoms. The van der Waals surface area contributed by atoms with Crippen LogP contribution in [0.5, 0.6) is 0 Å². The highest BCUT2D eigenvalue weighted by atomic mass is 32.2. The van der Waals surface area contributed by atoms with Gasteiger partial charge in [-0.3, -0.25) is 0 Å². The molecule has 1 unspecified atom stereocenters. The van der Waals surface area contributed by atoms with Crippen LogP contribution in [0.3, 0.4) is 0 Å². The van der Waals surface area contributed by atoms with Crippen LogP contribution in [0.4, 0.5) is 11.6 Å². The molecule has 1 heterocycles. The molecule has 4 heteroatoms. The van der Waals surface area contributed by atoms with Crippen LogP contribution in [-0.4, -0.2) is 21.1 Å². The third kappa shape index (κ3) is 3.27. The van der Waals surface area contributed by atoms with Crippen molar-refractivity contribution < 1.29 is 0 Å². The highest BCUT2D eigenvalue weighted by Gasteiger charge is 2.06. The number of anilines is 2. The van der Waals surface area contributed by atoms with E-state index in [1.54, 1.807) is 0 Å². The Kier molecular flexibility index (Phi) is 4.09. The number of thioether (sulfide) groups is 1. The predicted molar refractivity (Wildman–Crippen MR) is 74.9 cm³/mol. The monoisotopic (exact) mass is 247 g/mol. The molecule has 0 bridgehead atoms. The lowest BCUT2D eigenvalue weighted by atomic mass is 10.3. The molecule has 17 heavy (non-hydrogen) atoms. The van der Waals surface area contributed by atoms with E-state index in [-0.39, 0.29) is 0 Å². The highest BCUT2D eigenvalue weighted by molar-refractivity contribution is 7.99. The minimum absolute atomic E-state index is 0.584. The molecule has 0 saturated carbocycles. The van der Waals surface area contributed by atoms with Crippen LogP contribution < -0.4 is 5.32 Å². The van der Waals surface area contributed by atoms with Crippen molar-refractivity contribution in [1.29, 1.82) is 0 Å². The fourth-order valence-electron chi connectivity index (χ4n) is 1.58. The number of benzene rings is 1. The minimum Gasteiger partial charge on any atom is -0.326 e. The van der Waals surface area contributed by atoms with Crippen molar-refractivity contribution in [3.63, 3.8) is 0 Å². The predicted octanol–water partition coefficient (Wildman–Crippen LogP) is 3.38. The Morgan fingerprint density at radius 3 is 2.82 bits per heavy atom. The Morgan fingerprint density at radius 2 is 2.12 bits per heavy atom. The van der Waals surface area contributed by atoms with E-state index < -0.39 is 0 Å². The largest absolute Gasteiger partial charge is 0.326 e. The molecule has 2 aromatic rings. The van der Waals surface area contributed by atoms with Gasteiger partial charge in [-0.25, -0.2) is 4.98 Å². The van der Waals surface area contributed by atoms with Gasteiger partial charge in [-0.2, -0.15) is 11.8 Å². The van der Waals surface area contributed by atoms with Gasteiger partial charge >= 0.3 is 0 Å². The number of nitrogens with zero attached hydrogens (tertiary/aromatic N) is 2. The van der Waals surface area contributed by atoms with E-state index in [0.717, 1.165) is 18.2 Å². The third-order valence-electron chi connectivity index (χ3n) is 2.60. The zero-order chi connectivity index (χ0) is 12.1. The first kappa shape index (κ1) is 12.0. The first-order valence-corrected chi connectivity index (χ1v) is 6.94. The molecule has 1 N–H and O–H groups in total. The molecule has 1 atom stereocenters. The van der Waals surface area contributed by atoms with Gasteiger partial charge in [-0.05, 0) is 18.4 Å². The van der Waals surface area contributed by atoms with Crippen molar-refractivity contribution in [2.75, 3.05) is 11.6 Å². The van der Waals surface area contributed by atoms with Crippen molar-refractivity contribution >= 4 is 23.4 Å². The molecule has 0 aliphatic heterocycles. The average molecular weight is 247 g/mol. The van der Waals surface area contributed by atoms with E-state index in [1.165, 1.54) is 0 Å². The number of rotatable bonds is 5. The second-order valence-corrected chi connectivity index (χ2v) is 5.22. The molecule has 0 fully saturated rings. The van der Waals surface area contributed by atoms with Crippen LogP contribution >= 0.6 is 11.8 Å². The summed E-state index contributed by atoms with van der Waals surface area (Å²) < 4.78 is 2.15. The fraction of sp³-hybridized carbons (Fsp3) is 0.308. The molecule has 0 aliphatic rings. The second kappa shape index (κ2) is 5.77. The average Bonchev–Trinajstić information content (AvgIpc) is 2.78. The quantitative estimate of drug-likeness (QED) is 0.878. The van der Waals surface area contributed by atoms with Gasteiger partial charge in [0, 0.05) is 29.9 Å². The lowest BCUT2D eigenvalue weighted by molar-refractivity contribution is 0.700. The highest BCUT2D eigenvalue weighted by Crippen LogP contribution is 2.16. The molecular formula is C13H17N3S. The summed E-state index contributed by atoms with van der Waals surface area (Å²) in [5.74, 6) is 0.900. The molecule has 2 rings (SSSR count). The van der Waals surface area contributed by atoms with Crippen LogP contribution in [0.25, 0.3) is 0 Å². The van der Waals surface area contributed by atoms with Crippen molar-refractivity contribution in [3.8, 4) is 0 Å². The molecule has 1 aromatic carbocycles. The zero-order valence-electron chi connectivity index (χ0n) is 10.1. The van der Waals surface area contributed by atoms with Crippen LogP contribution in [0.2, 0.25) is 0 Å². The summed E-state index contributed by atoms with van der Waals surface area (Å²) >= 11 is 1.86. The summed E-state index contributed by atoms with van der Waals surface area (Å²) in [6.45, 7) is 3.19. The van der Waals surface area contributed by atoms with E-state index >= 15 is 0 Å². The van der Waals surface area contributed by atoms with Gasteiger partial charge < -0.3 is 9.88 Å². The summed E-state index contributed by atoms with van der Waals surface area (Å²) in [6.07, 6.45) is 5.97. The van der Waals surface area contributed by atoms with Gasteiger partial charge in [0.2, 0.25) is 5.95 Å². The van der Waals surface area contributed by atoms with Gasteiger partial charge in [0.1, 0.15) is 0 Å². The van der Waals surface area contributed by atoms with Gasteiger partial charge in [-0.1, -0.05) is 25.1 Å². The minimum atomic E-state index is 0.584. The Balaban J connectivity index is 2.09. The molecule has 0 radical (unpaired) electrons. The van der Waals surface area contributed by atoms with Crippen LogP contribution in [0.15, 0.2) is 42.7 Å². The van der Waals surface area contributed by atoms with E-state index in [2.05, 4.69) is 28.0 Å². The van der Waals surface area contributed by atoms with Gasteiger partial charge in [0.15, 0.2) is 0 Å². The number of hydrogen-bond donors (Lipinski definition) is 1. The van der Waals surface area contributed by atoms with Crippen molar-refractivity contribution in [3.05, 3.63) is 42.7 Å². The third-order valence-corrected chi connectivity index (χ3v) is 3.56. The number of imidazole rings is 1. The van der Waals surface area contributed by atoms with Crippen LogP contribution in [-0.2, 0) is 6.54 Å². The molecule has 0 aliphatic carbocycles. The van der Waals surface area contributed by atoms with E-state index in [0.29, 0.717) is 5.25 Å². The van der Waals surface area contributed by atoms with Crippen LogP contribution in [0, 0.1) is 0 Å². The second-order valence-electron chi connectivity index (χ2n) is 3.94. The smallest absolute Gasteiger partial charge is 0.207 e. The van der Waals surface area contributed by atoms with E-state index in [9.17, 15) is 0 Å². The first-order valence-electron chi connectivity index (χ1n) is 5.65. The zero-order valence-corrected chi connectivity index (χ0v) is 10.9. The summed E-state index contributed by atoms with van der Waals surface area (Å²) in [5, 5.41) is 3.91. The fourth-order valence-corrected chi connectivity index (χ4v) is 1.89. The maximum absolute atomic E-state index is 4.34. The maximum atomic E-state index is 4.34. The molecule has 1 aromatic heterocycles. The molecule has 0 amide bonds. The number of nitrogens with one attached hydrogen (secondary N) is 1. The first-order chi connectivity index (χ1) is 8.29. The Morgan fingerprint density at radius 1 is 1.35 bits per heavy atom. The SMILES string of the molecule is CSC(C)Cn1ccnc1Nc1ccccc1. The van der Waals surface area contributed by atoms with Gasteiger partial charge in [0.05, 0.1) is 0 Å². The topological polar surface area (TPSA) is 29.9 Å². The van der Waals surface area contributed by atoms with E-state index in [1.807, 2.05) is 54.5 Å². The summed E-state index contributed by atoms with van der Waals surface area (Å²) in [4.78, 5) is 4.34. The lowest BCUT2D eigenvalue weighted by Crippen LogP contribution is -2.10. The Hall–Kier alpha value is -1.42. The van der Waals surface area contributed by atoms with Crippen molar-refractivity contribution in [2.45, 2.75) is 18.7 Å². The normalized spacial score (nSPS) is 12.4. The molecule has 0 saturated heterocycles. The maximum Gasteiger partial charge on any atom is 0.207 e. The lowest BCUT2D eigenvalue weighted by Gasteiger charge is -2.13. The van der Waals surface area contributed by atoms with Crippen molar-refractivity contribution in [2.24, 2.45) is 0 Å². The van der Waals surface area contributed by atoms with Crippen molar-refractivity contribution in [1.82, 2.24) is 9.55 Å². The number of hydrogen-bond acceptors (Lipinski definition) is 3. The molecule has 90 valence electrons. The Labute approximate surface area is 106 Å². The summed E-state index contributed by atoms with van der Waals surface area (Å²) in [5.41, 5.74) is 1.07. The summed E-state index contributed by atoms with van der Waals surface area (Å²) in [7, 11) is 0. The van der Waals surface area contributed by atoms with Crippen LogP contribution in [0.1, 0.15) is 6.92 Å². The standard InChI is InChI=1S/C13H17N3S/c1-11(17-2)10-16-9-8-14-13(16)15-12-6-4-3-5-7-12/h3-9,11H,10H2,1-2H3,(H,14,15). The summed E-state index contributed by atoms with van der Waals surface area (Å²) in [6, 6.07) is 10.1. The van der Waals surface area contributed by atoms with Gasteiger partial charge in [-0.15, -0.1) is 0 Å². The number of para-hydroxylation sites is 1. The van der Waals surface area contributed by atoms with Gasteiger partial charge in [0.25, 0.3) is 0 Å². The van der Waals surface area contributed by atoms with E-state index in [4.69, 9.17) is 0 Å². The molecule has 3 nitrogen and oxygen atoms in total. The number of aromatic nitrogens is 2. The molecular weight excluding hydrogens is 230 g/mol. The Bertz CT molecular complexity index is 453.